The molecule has 1 aliphatic heterocycles. The van der Waals surface area contributed by atoms with Crippen molar-refractivity contribution in [1.29, 1.82) is 0 Å². The van der Waals surface area contributed by atoms with Crippen molar-refractivity contribution < 1.29 is 9.59 Å². The molecule has 1 N–H and O–H groups in total. The molecular weight excluding hydrogens is 228 g/mol. The van der Waals surface area contributed by atoms with E-state index in [4.69, 9.17) is 6.42 Å². The minimum Gasteiger partial charge on any atom is -0.323 e. The highest BCUT2D eigenvalue weighted by Gasteiger charge is 2.51. The van der Waals surface area contributed by atoms with Gasteiger partial charge in [0.25, 0.3) is 5.91 Å². The third-order valence-corrected chi connectivity index (χ3v) is 4.08. The van der Waals surface area contributed by atoms with Crippen LogP contribution in [0.2, 0.25) is 0 Å². The van der Waals surface area contributed by atoms with E-state index in [9.17, 15) is 9.59 Å². The van der Waals surface area contributed by atoms with Crippen LogP contribution in [0, 0.1) is 18.3 Å². The number of carbonyl (C=O) groups excluding carboxylic acids is 2. The summed E-state index contributed by atoms with van der Waals surface area (Å²) in [5, 5.41) is 2.90. The van der Waals surface area contributed by atoms with E-state index in [1.165, 1.54) is 4.90 Å². The first-order valence-electron chi connectivity index (χ1n) is 6.66. The van der Waals surface area contributed by atoms with E-state index >= 15 is 0 Å². The molecule has 1 spiro atoms. The maximum absolute atomic E-state index is 12.4. The van der Waals surface area contributed by atoms with Gasteiger partial charge in [-0.15, -0.1) is 12.3 Å². The smallest absolute Gasteiger partial charge is 0.323 e. The van der Waals surface area contributed by atoms with Crippen molar-refractivity contribution in [3.05, 3.63) is 0 Å². The molecule has 2 aliphatic rings. The second kappa shape index (κ2) is 5.01. The molecule has 2 fully saturated rings. The van der Waals surface area contributed by atoms with E-state index < -0.39 is 5.54 Å². The topological polar surface area (TPSA) is 49.4 Å². The van der Waals surface area contributed by atoms with Gasteiger partial charge in [-0.2, -0.15) is 0 Å². The molecule has 1 heterocycles. The average Bonchev–Trinajstić information content (AvgIpc) is 2.58. The molecule has 0 aromatic rings. The molecule has 98 valence electrons. The molecule has 4 heteroatoms. The predicted molar refractivity (Wildman–Crippen MR) is 68.7 cm³/mol. The summed E-state index contributed by atoms with van der Waals surface area (Å²) in [6.07, 6.45) is 10.0. The lowest BCUT2D eigenvalue weighted by Crippen LogP contribution is -2.49. The number of hydrogen-bond acceptors (Lipinski definition) is 2. The zero-order chi connectivity index (χ0) is 13.2. The summed E-state index contributed by atoms with van der Waals surface area (Å²) >= 11 is 0. The van der Waals surface area contributed by atoms with Crippen LogP contribution in [-0.2, 0) is 4.79 Å². The van der Waals surface area contributed by atoms with Gasteiger partial charge in [0.2, 0.25) is 0 Å². The molecule has 0 aromatic heterocycles. The Morgan fingerprint density at radius 3 is 2.72 bits per heavy atom. The number of hydrogen-bond donors (Lipinski definition) is 1. The van der Waals surface area contributed by atoms with Gasteiger partial charge >= 0.3 is 6.03 Å². The maximum atomic E-state index is 12.4. The van der Waals surface area contributed by atoms with Crippen molar-refractivity contribution in [2.45, 2.75) is 51.0 Å². The second-order valence-electron chi connectivity index (χ2n) is 5.46. The van der Waals surface area contributed by atoms with E-state index in [1.54, 1.807) is 0 Å². The Morgan fingerprint density at radius 1 is 1.44 bits per heavy atom. The van der Waals surface area contributed by atoms with E-state index in [0.717, 1.165) is 25.7 Å². The van der Waals surface area contributed by atoms with Gasteiger partial charge < -0.3 is 5.32 Å². The van der Waals surface area contributed by atoms with Gasteiger partial charge in [-0.3, -0.25) is 9.69 Å². The van der Waals surface area contributed by atoms with E-state index in [0.29, 0.717) is 25.3 Å². The fraction of sp³-hybridized carbons (Fsp3) is 0.714. The van der Waals surface area contributed by atoms with Crippen molar-refractivity contribution in [1.82, 2.24) is 10.2 Å². The van der Waals surface area contributed by atoms with Crippen LogP contribution in [-0.4, -0.2) is 28.9 Å². The van der Waals surface area contributed by atoms with Gasteiger partial charge in [0, 0.05) is 13.0 Å². The Morgan fingerprint density at radius 2 is 2.11 bits per heavy atom. The van der Waals surface area contributed by atoms with Gasteiger partial charge in [-0.25, -0.2) is 4.79 Å². The first kappa shape index (κ1) is 12.9. The SMILES string of the molecule is C#CCCCN1C(=O)NC2(CCC(C)CC2)C1=O. The molecule has 0 aromatic carbocycles. The summed E-state index contributed by atoms with van der Waals surface area (Å²) in [6.45, 7) is 2.63. The first-order chi connectivity index (χ1) is 8.59. The second-order valence-corrected chi connectivity index (χ2v) is 5.46. The third-order valence-electron chi connectivity index (χ3n) is 4.08. The van der Waals surface area contributed by atoms with Crippen LogP contribution in [0.4, 0.5) is 4.79 Å². The predicted octanol–water partition coefficient (Wildman–Crippen LogP) is 1.90. The van der Waals surface area contributed by atoms with Crippen molar-refractivity contribution in [2.75, 3.05) is 6.54 Å². The Kier molecular flexibility index (Phi) is 3.60. The largest absolute Gasteiger partial charge is 0.325 e. The minimum atomic E-state index is -0.611. The van der Waals surface area contributed by atoms with Gasteiger partial charge in [-0.05, 0) is 38.0 Å². The molecule has 3 amide bonds. The van der Waals surface area contributed by atoms with Crippen LogP contribution < -0.4 is 5.32 Å². The fourth-order valence-electron chi connectivity index (χ4n) is 2.81. The van der Waals surface area contributed by atoms with Crippen LogP contribution in [0.3, 0.4) is 0 Å². The van der Waals surface area contributed by atoms with Crippen molar-refractivity contribution in [3.63, 3.8) is 0 Å². The third kappa shape index (κ3) is 2.22. The number of urea groups is 1. The monoisotopic (exact) mass is 248 g/mol. The number of terminal acetylenes is 1. The standard InChI is InChI=1S/C14H20N2O2/c1-3-4-5-10-16-12(17)14(15-13(16)18)8-6-11(2)7-9-14/h1,11H,4-10H2,2H3,(H,15,18). The Labute approximate surface area is 108 Å². The zero-order valence-electron chi connectivity index (χ0n) is 10.9. The zero-order valence-corrected chi connectivity index (χ0v) is 10.9. The molecule has 0 atom stereocenters. The van der Waals surface area contributed by atoms with Gasteiger partial charge in [-0.1, -0.05) is 6.92 Å². The Bertz CT molecular complexity index is 389. The maximum Gasteiger partial charge on any atom is 0.325 e. The summed E-state index contributed by atoms with van der Waals surface area (Å²) in [6, 6.07) is -0.244. The summed E-state index contributed by atoms with van der Waals surface area (Å²) in [5.74, 6) is 3.13. The summed E-state index contributed by atoms with van der Waals surface area (Å²) < 4.78 is 0. The number of imide groups is 1. The molecule has 1 saturated heterocycles. The molecule has 18 heavy (non-hydrogen) atoms. The molecule has 0 radical (unpaired) electrons. The van der Waals surface area contributed by atoms with E-state index in [1.807, 2.05) is 0 Å². The molecule has 0 unspecified atom stereocenters. The Balaban J connectivity index is 2.02. The summed E-state index contributed by atoms with van der Waals surface area (Å²) in [7, 11) is 0. The van der Waals surface area contributed by atoms with Gasteiger partial charge in [0.1, 0.15) is 5.54 Å². The number of amides is 3. The highest BCUT2D eigenvalue weighted by Crippen LogP contribution is 2.36. The van der Waals surface area contributed by atoms with E-state index in [-0.39, 0.29) is 11.9 Å². The van der Waals surface area contributed by atoms with Gasteiger partial charge in [0.15, 0.2) is 0 Å². The quantitative estimate of drug-likeness (QED) is 0.471. The van der Waals surface area contributed by atoms with Crippen LogP contribution >= 0.6 is 0 Å². The minimum absolute atomic E-state index is 0.0450. The molecule has 1 aliphatic carbocycles. The van der Waals surface area contributed by atoms with Gasteiger partial charge in [0.05, 0.1) is 0 Å². The summed E-state index contributed by atoms with van der Waals surface area (Å²) in [4.78, 5) is 25.6. The normalized spacial score (nSPS) is 31.6. The van der Waals surface area contributed by atoms with Crippen LogP contribution in [0.5, 0.6) is 0 Å². The molecule has 0 bridgehead atoms. The van der Waals surface area contributed by atoms with Crippen molar-refractivity contribution in [2.24, 2.45) is 5.92 Å². The van der Waals surface area contributed by atoms with Crippen molar-refractivity contribution >= 4 is 11.9 Å². The molecular formula is C14H20N2O2. The lowest BCUT2D eigenvalue weighted by atomic mass is 9.77. The van der Waals surface area contributed by atoms with Crippen molar-refractivity contribution in [3.8, 4) is 12.3 Å². The lowest BCUT2D eigenvalue weighted by Gasteiger charge is -2.33. The molecule has 2 rings (SSSR count). The van der Waals surface area contributed by atoms with E-state index in [2.05, 4.69) is 18.2 Å². The first-order valence-corrected chi connectivity index (χ1v) is 6.66. The number of rotatable bonds is 3. The average molecular weight is 248 g/mol. The number of nitrogens with one attached hydrogen (secondary N) is 1. The number of carbonyl (C=O) groups is 2. The highest BCUT2D eigenvalue weighted by atomic mass is 16.2. The lowest BCUT2D eigenvalue weighted by molar-refractivity contribution is -0.132. The fourth-order valence-corrected chi connectivity index (χ4v) is 2.81. The molecule has 4 nitrogen and oxygen atoms in total. The number of nitrogens with zero attached hydrogens (tertiary/aromatic N) is 1. The van der Waals surface area contributed by atoms with Crippen LogP contribution in [0.1, 0.15) is 45.4 Å². The van der Waals surface area contributed by atoms with Crippen LogP contribution in [0.15, 0.2) is 0 Å². The number of unbranched alkanes of at least 4 members (excludes halogenated alkanes) is 1. The highest BCUT2D eigenvalue weighted by molar-refractivity contribution is 6.07. The Hall–Kier alpha value is -1.50. The molecule has 1 saturated carbocycles. The summed E-state index contributed by atoms with van der Waals surface area (Å²) in [5.41, 5.74) is -0.611. The van der Waals surface area contributed by atoms with Crippen LogP contribution in [0.25, 0.3) is 0 Å².